The molecule has 0 bridgehead atoms. The van der Waals surface area contributed by atoms with Gasteiger partial charge >= 0.3 is 0 Å². The second-order valence-corrected chi connectivity index (χ2v) is 6.64. The van der Waals surface area contributed by atoms with E-state index < -0.39 is 5.92 Å². The zero-order chi connectivity index (χ0) is 19.6. The summed E-state index contributed by atoms with van der Waals surface area (Å²) in [5.41, 5.74) is 2.48. The fraction of sp³-hybridized carbons (Fsp3) is 0.227. The van der Waals surface area contributed by atoms with Crippen LogP contribution in [0.25, 0.3) is 0 Å². The molecule has 1 atom stereocenters. The highest BCUT2D eigenvalue weighted by Gasteiger charge is 2.22. The molecule has 0 spiro atoms. The number of H-pyrrole nitrogens is 1. The first-order valence-corrected chi connectivity index (χ1v) is 9.39. The van der Waals surface area contributed by atoms with Crippen molar-refractivity contribution in [2.45, 2.75) is 25.7 Å². The molecule has 28 heavy (non-hydrogen) atoms. The fourth-order valence-electron chi connectivity index (χ4n) is 3.01. The number of aromatic nitrogens is 2. The predicted octanol–water partition coefficient (Wildman–Crippen LogP) is 4.02. The van der Waals surface area contributed by atoms with Gasteiger partial charge in [-0.25, -0.2) is 4.98 Å². The maximum absolute atomic E-state index is 12.8. The molecule has 2 aromatic carbocycles. The fourth-order valence-corrected chi connectivity index (χ4v) is 3.01. The molecule has 144 valence electrons. The molecule has 0 saturated heterocycles. The average molecular weight is 376 g/mol. The number of imidazole rings is 1. The summed E-state index contributed by atoms with van der Waals surface area (Å²) in [6.45, 7) is 0. The van der Waals surface area contributed by atoms with Gasteiger partial charge in [-0.3, -0.25) is 9.59 Å². The molecule has 6 nitrogen and oxygen atoms in total. The second kappa shape index (κ2) is 10.1. The van der Waals surface area contributed by atoms with Crippen molar-refractivity contribution in [3.05, 3.63) is 78.9 Å². The zero-order valence-corrected chi connectivity index (χ0v) is 15.6. The molecule has 1 aromatic heterocycles. The maximum atomic E-state index is 12.8. The van der Waals surface area contributed by atoms with E-state index in [-0.39, 0.29) is 18.2 Å². The maximum Gasteiger partial charge on any atom is 0.228 e. The van der Waals surface area contributed by atoms with Crippen LogP contribution >= 0.6 is 0 Å². The number of aryl methyl sites for hydroxylation is 1. The molecular formula is C22H24N4O2. The molecule has 0 aliphatic carbocycles. The third-order valence-electron chi connectivity index (χ3n) is 4.46. The molecule has 1 unspecified atom stereocenters. The SMILES string of the molecule is O=C(CC(CCCc1cnc[nH]1)C(=O)Nc1ccccc1)Nc1ccccc1. The van der Waals surface area contributed by atoms with E-state index in [1.807, 2.05) is 60.7 Å². The third kappa shape index (κ3) is 6.09. The van der Waals surface area contributed by atoms with Crippen molar-refractivity contribution in [3.8, 4) is 0 Å². The van der Waals surface area contributed by atoms with Crippen molar-refractivity contribution in [2.75, 3.05) is 10.6 Å². The van der Waals surface area contributed by atoms with E-state index in [2.05, 4.69) is 20.6 Å². The Hall–Kier alpha value is -3.41. The Bertz CT molecular complexity index is 864. The molecular weight excluding hydrogens is 352 g/mol. The van der Waals surface area contributed by atoms with Crippen LogP contribution in [0.4, 0.5) is 11.4 Å². The van der Waals surface area contributed by atoms with Gasteiger partial charge in [0.2, 0.25) is 11.8 Å². The van der Waals surface area contributed by atoms with Gasteiger partial charge in [0.1, 0.15) is 0 Å². The van der Waals surface area contributed by atoms with E-state index in [9.17, 15) is 9.59 Å². The number of amides is 2. The van der Waals surface area contributed by atoms with E-state index >= 15 is 0 Å². The average Bonchev–Trinajstić information content (AvgIpc) is 3.22. The summed E-state index contributed by atoms with van der Waals surface area (Å²) in [5.74, 6) is -0.716. The third-order valence-corrected chi connectivity index (χ3v) is 4.46. The number of nitrogens with zero attached hydrogens (tertiary/aromatic N) is 1. The van der Waals surface area contributed by atoms with Gasteiger partial charge in [-0.15, -0.1) is 0 Å². The minimum Gasteiger partial charge on any atom is -0.348 e. The number of benzene rings is 2. The number of hydrogen-bond donors (Lipinski definition) is 3. The monoisotopic (exact) mass is 376 g/mol. The molecule has 0 fully saturated rings. The molecule has 3 rings (SSSR count). The van der Waals surface area contributed by atoms with Crippen LogP contribution in [0.3, 0.4) is 0 Å². The number of nitrogens with one attached hydrogen (secondary N) is 3. The number of rotatable bonds is 9. The largest absolute Gasteiger partial charge is 0.348 e. The summed E-state index contributed by atoms with van der Waals surface area (Å²) >= 11 is 0. The summed E-state index contributed by atoms with van der Waals surface area (Å²) < 4.78 is 0. The summed E-state index contributed by atoms with van der Waals surface area (Å²) in [6, 6.07) is 18.6. The lowest BCUT2D eigenvalue weighted by molar-refractivity contribution is -0.125. The van der Waals surface area contributed by atoms with Gasteiger partial charge < -0.3 is 15.6 Å². The van der Waals surface area contributed by atoms with Gasteiger partial charge in [0, 0.05) is 35.6 Å². The van der Waals surface area contributed by atoms with Crippen LogP contribution in [0.5, 0.6) is 0 Å². The van der Waals surface area contributed by atoms with Crippen LogP contribution in [0.2, 0.25) is 0 Å². The molecule has 0 saturated carbocycles. The van der Waals surface area contributed by atoms with E-state index in [1.54, 1.807) is 12.5 Å². The summed E-state index contributed by atoms with van der Waals surface area (Å²) in [5, 5.41) is 5.78. The number of para-hydroxylation sites is 2. The van der Waals surface area contributed by atoms with Gasteiger partial charge in [0.05, 0.1) is 6.33 Å². The Kier molecular flexibility index (Phi) is 6.95. The molecule has 0 radical (unpaired) electrons. The Balaban J connectivity index is 1.60. The zero-order valence-electron chi connectivity index (χ0n) is 15.6. The number of aromatic amines is 1. The van der Waals surface area contributed by atoms with Gasteiger partial charge in [-0.2, -0.15) is 0 Å². The van der Waals surface area contributed by atoms with E-state index in [4.69, 9.17) is 0 Å². The number of hydrogen-bond acceptors (Lipinski definition) is 3. The van der Waals surface area contributed by atoms with Crippen molar-refractivity contribution in [1.82, 2.24) is 9.97 Å². The topological polar surface area (TPSA) is 86.9 Å². The van der Waals surface area contributed by atoms with Gasteiger partial charge in [-0.05, 0) is 43.5 Å². The quantitative estimate of drug-likeness (QED) is 0.527. The highest BCUT2D eigenvalue weighted by Crippen LogP contribution is 2.18. The van der Waals surface area contributed by atoms with Gasteiger partial charge in [0.25, 0.3) is 0 Å². The first-order valence-electron chi connectivity index (χ1n) is 9.39. The highest BCUT2D eigenvalue weighted by atomic mass is 16.2. The summed E-state index contributed by atoms with van der Waals surface area (Å²) in [7, 11) is 0. The van der Waals surface area contributed by atoms with Crippen LogP contribution in [0.1, 0.15) is 25.0 Å². The van der Waals surface area contributed by atoms with Crippen LogP contribution in [-0.2, 0) is 16.0 Å². The smallest absolute Gasteiger partial charge is 0.228 e. The number of carbonyl (C=O) groups excluding carboxylic acids is 2. The minimum atomic E-state index is -0.410. The molecule has 6 heteroatoms. The van der Waals surface area contributed by atoms with Crippen molar-refractivity contribution in [1.29, 1.82) is 0 Å². The predicted molar refractivity (Wildman–Crippen MR) is 110 cm³/mol. The van der Waals surface area contributed by atoms with E-state index in [0.717, 1.165) is 29.9 Å². The standard InChI is InChI=1S/C22H24N4O2/c27-21(25-18-9-3-1-4-10-18)14-17(8-7-13-20-15-23-16-24-20)22(28)26-19-11-5-2-6-12-19/h1-6,9-12,15-17H,7-8,13-14H2,(H,23,24)(H,25,27)(H,26,28). The van der Waals surface area contributed by atoms with Crippen LogP contribution in [-0.4, -0.2) is 21.8 Å². The molecule has 0 aliphatic heterocycles. The summed E-state index contributed by atoms with van der Waals surface area (Å²) in [6.07, 6.45) is 5.74. The Morgan fingerprint density at radius 1 is 0.929 bits per heavy atom. The first-order chi connectivity index (χ1) is 13.7. The van der Waals surface area contributed by atoms with Crippen LogP contribution < -0.4 is 10.6 Å². The lowest BCUT2D eigenvalue weighted by Crippen LogP contribution is -2.27. The normalized spacial score (nSPS) is 11.6. The summed E-state index contributed by atoms with van der Waals surface area (Å²) in [4.78, 5) is 32.3. The lowest BCUT2D eigenvalue weighted by Gasteiger charge is -2.17. The lowest BCUT2D eigenvalue weighted by atomic mass is 9.96. The van der Waals surface area contributed by atoms with Crippen LogP contribution in [0.15, 0.2) is 73.2 Å². The Morgan fingerprint density at radius 3 is 2.18 bits per heavy atom. The van der Waals surface area contributed by atoms with Crippen LogP contribution in [0, 0.1) is 5.92 Å². The van der Waals surface area contributed by atoms with Gasteiger partial charge in [0.15, 0.2) is 0 Å². The molecule has 3 N–H and O–H groups in total. The molecule has 1 heterocycles. The molecule has 0 aliphatic rings. The van der Waals surface area contributed by atoms with Crippen molar-refractivity contribution in [2.24, 2.45) is 5.92 Å². The van der Waals surface area contributed by atoms with Crippen molar-refractivity contribution < 1.29 is 9.59 Å². The Morgan fingerprint density at radius 2 is 1.57 bits per heavy atom. The van der Waals surface area contributed by atoms with Crippen molar-refractivity contribution in [3.63, 3.8) is 0 Å². The van der Waals surface area contributed by atoms with E-state index in [1.165, 1.54) is 0 Å². The Labute approximate surface area is 164 Å². The number of carbonyl (C=O) groups is 2. The minimum absolute atomic E-state index is 0.135. The molecule has 2 amide bonds. The highest BCUT2D eigenvalue weighted by molar-refractivity contribution is 5.98. The second-order valence-electron chi connectivity index (χ2n) is 6.64. The number of anilines is 2. The van der Waals surface area contributed by atoms with Gasteiger partial charge in [-0.1, -0.05) is 36.4 Å². The van der Waals surface area contributed by atoms with Crippen molar-refractivity contribution >= 4 is 23.2 Å². The first kappa shape index (κ1) is 19.4. The van der Waals surface area contributed by atoms with E-state index in [0.29, 0.717) is 6.42 Å². The molecule has 3 aromatic rings.